The van der Waals surface area contributed by atoms with Crippen LogP contribution in [0.25, 0.3) is 0 Å². The maximum atomic E-state index is 14.1. The molecular formula is C14H19ClF2N2O3. The van der Waals surface area contributed by atoms with Crippen molar-refractivity contribution in [3.63, 3.8) is 0 Å². The number of carbonyl (C=O) groups is 1. The fourth-order valence-corrected chi connectivity index (χ4v) is 2.56. The zero-order chi connectivity index (χ0) is 15.5. The van der Waals surface area contributed by atoms with E-state index in [2.05, 4.69) is 5.32 Å². The van der Waals surface area contributed by atoms with Gasteiger partial charge in [-0.3, -0.25) is 4.90 Å². The minimum absolute atomic E-state index is 0. The molecule has 0 aromatic heterocycles. The lowest BCUT2D eigenvalue weighted by Gasteiger charge is -2.38. The number of hydrogen-bond acceptors (Lipinski definition) is 4. The lowest BCUT2D eigenvalue weighted by atomic mass is 9.97. The Bertz CT molecular complexity index is 493. The lowest BCUT2D eigenvalue weighted by Crippen LogP contribution is -2.51. The van der Waals surface area contributed by atoms with Crippen LogP contribution in [0.2, 0.25) is 0 Å². The molecule has 1 aromatic carbocycles. The third kappa shape index (κ3) is 4.13. The van der Waals surface area contributed by atoms with E-state index < -0.39 is 24.5 Å². The molecule has 3 N–H and O–H groups in total. The summed E-state index contributed by atoms with van der Waals surface area (Å²) in [5.41, 5.74) is 0.353. The van der Waals surface area contributed by atoms with Gasteiger partial charge in [-0.2, -0.15) is 0 Å². The van der Waals surface area contributed by atoms with Crippen LogP contribution >= 0.6 is 12.4 Å². The Morgan fingerprint density at radius 3 is 2.27 bits per heavy atom. The molecule has 22 heavy (non-hydrogen) atoms. The molecule has 0 bridgehead atoms. The first-order valence-corrected chi connectivity index (χ1v) is 6.72. The van der Waals surface area contributed by atoms with Gasteiger partial charge in [-0.05, 0) is 17.7 Å². The van der Waals surface area contributed by atoms with Gasteiger partial charge in [-0.1, -0.05) is 12.1 Å². The van der Waals surface area contributed by atoms with Crippen molar-refractivity contribution in [3.05, 3.63) is 35.4 Å². The van der Waals surface area contributed by atoms with Gasteiger partial charge in [0.15, 0.2) is 0 Å². The number of aliphatic hydroxyl groups excluding tert-OH is 1. The highest BCUT2D eigenvalue weighted by molar-refractivity contribution is 5.87. The molecule has 0 aliphatic carbocycles. The van der Waals surface area contributed by atoms with E-state index in [9.17, 15) is 13.6 Å². The van der Waals surface area contributed by atoms with Crippen molar-refractivity contribution in [2.24, 2.45) is 0 Å². The number of hydrogen-bond donors (Lipinski definition) is 3. The van der Waals surface area contributed by atoms with Gasteiger partial charge in [0.05, 0.1) is 5.56 Å². The quantitative estimate of drug-likeness (QED) is 0.757. The molecule has 8 heteroatoms. The minimum atomic E-state index is -3.29. The molecule has 124 valence electrons. The summed E-state index contributed by atoms with van der Waals surface area (Å²) >= 11 is 0. The van der Waals surface area contributed by atoms with Crippen LogP contribution in [0.1, 0.15) is 22.0 Å². The number of rotatable bonds is 5. The van der Waals surface area contributed by atoms with Crippen molar-refractivity contribution in [2.45, 2.75) is 12.0 Å². The van der Waals surface area contributed by atoms with Crippen LogP contribution in [0, 0.1) is 0 Å². The maximum absolute atomic E-state index is 14.1. The van der Waals surface area contributed by atoms with Gasteiger partial charge < -0.3 is 15.5 Å². The predicted octanol–water partition coefficient (Wildman–Crippen LogP) is 1.38. The van der Waals surface area contributed by atoms with E-state index in [1.807, 2.05) is 0 Å². The van der Waals surface area contributed by atoms with Crippen molar-refractivity contribution in [3.8, 4) is 0 Å². The second kappa shape index (κ2) is 7.82. The topological polar surface area (TPSA) is 72.8 Å². The normalized spacial score (nSPS) is 17.6. The average molecular weight is 337 g/mol. The fourth-order valence-electron chi connectivity index (χ4n) is 2.56. The molecular weight excluding hydrogens is 318 g/mol. The van der Waals surface area contributed by atoms with E-state index >= 15 is 0 Å². The van der Waals surface area contributed by atoms with Gasteiger partial charge in [-0.15, -0.1) is 12.4 Å². The number of carboxylic acids is 1. The van der Waals surface area contributed by atoms with E-state index in [-0.39, 0.29) is 18.0 Å². The summed E-state index contributed by atoms with van der Waals surface area (Å²) in [4.78, 5) is 12.4. The zero-order valence-electron chi connectivity index (χ0n) is 11.8. The zero-order valence-corrected chi connectivity index (χ0v) is 12.7. The number of nitrogens with one attached hydrogen (secondary N) is 1. The summed E-state index contributed by atoms with van der Waals surface area (Å²) in [7, 11) is 0. The van der Waals surface area contributed by atoms with Gasteiger partial charge in [-0.25, -0.2) is 13.6 Å². The molecule has 1 aliphatic rings. The number of aromatic carboxylic acids is 1. The average Bonchev–Trinajstić information content (AvgIpc) is 2.49. The Labute approximate surface area is 133 Å². The molecule has 5 nitrogen and oxygen atoms in total. The van der Waals surface area contributed by atoms with Crippen LogP contribution < -0.4 is 5.32 Å². The number of piperazine rings is 1. The van der Waals surface area contributed by atoms with E-state index in [1.165, 1.54) is 24.3 Å². The first-order chi connectivity index (χ1) is 9.95. The number of aliphatic hydroxyl groups is 1. The Hall–Kier alpha value is -1.28. The summed E-state index contributed by atoms with van der Waals surface area (Å²) in [6.07, 6.45) is 0. The second-order valence-corrected chi connectivity index (χ2v) is 5.03. The molecule has 0 radical (unpaired) electrons. The highest BCUT2D eigenvalue weighted by atomic mass is 35.5. The Balaban J connectivity index is 0.00000242. The summed E-state index contributed by atoms with van der Waals surface area (Å²) in [5.74, 6) is -4.39. The molecule has 1 atom stereocenters. The largest absolute Gasteiger partial charge is 0.478 e. The minimum Gasteiger partial charge on any atom is -0.478 e. The molecule has 2 rings (SSSR count). The number of carboxylic acid groups (broad SMARTS) is 1. The number of halogens is 3. The Kier molecular flexibility index (Phi) is 6.67. The lowest BCUT2D eigenvalue weighted by molar-refractivity contribution is -0.118. The van der Waals surface area contributed by atoms with Crippen LogP contribution in [0.15, 0.2) is 24.3 Å². The molecule has 0 amide bonds. The SMILES string of the molecule is Cl.O=C(O)c1ccc([C@H](N2CCNCC2)C(F)(F)CO)cc1. The van der Waals surface area contributed by atoms with Crippen molar-refractivity contribution in [1.29, 1.82) is 0 Å². The molecule has 0 unspecified atom stereocenters. The van der Waals surface area contributed by atoms with Crippen LogP contribution in [-0.2, 0) is 0 Å². The van der Waals surface area contributed by atoms with E-state index in [0.717, 1.165) is 0 Å². The molecule has 1 aliphatic heterocycles. The predicted molar refractivity (Wildman–Crippen MR) is 79.9 cm³/mol. The third-order valence-corrected chi connectivity index (χ3v) is 3.60. The van der Waals surface area contributed by atoms with Gasteiger partial charge in [0, 0.05) is 26.2 Å². The fraction of sp³-hybridized carbons (Fsp3) is 0.500. The maximum Gasteiger partial charge on any atom is 0.335 e. The van der Waals surface area contributed by atoms with Crippen molar-refractivity contribution in [2.75, 3.05) is 32.8 Å². The van der Waals surface area contributed by atoms with E-state index in [1.54, 1.807) is 4.90 Å². The third-order valence-electron chi connectivity index (χ3n) is 3.60. The van der Waals surface area contributed by atoms with Gasteiger partial charge >= 0.3 is 5.97 Å². The molecule has 1 aromatic rings. The molecule has 0 spiro atoms. The summed E-state index contributed by atoms with van der Waals surface area (Å²) in [6, 6.07) is 4.13. The molecule has 1 heterocycles. The molecule has 1 saturated heterocycles. The van der Waals surface area contributed by atoms with Crippen LogP contribution in [0.3, 0.4) is 0 Å². The van der Waals surface area contributed by atoms with Crippen molar-refractivity contribution in [1.82, 2.24) is 10.2 Å². The number of nitrogens with zero attached hydrogens (tertiary/aromatic N) is 1. The van der Waals surface area contributed by atoms with Crippen LogP contribution in [0.5, 0.6) is 0 Å². The van der Waals surface area contributed by atoms with Crippen molar-refractivity contribution >= 4 is 18.4 Å². The highest BCUT2D eigenvalue weighted by Gasteiger charge is 2.43. The van der Waals surface area contributed by atoms with Crippen LogP contribution in [0.4, 0.5) is 8.78 Å². The van der Waals surface area contributed by atoms with Gasteiger partial charge in [0.25, 0.3) is 5.92 Å². The van der Waals surface area contributed by atoms with E-state index in [0.29, 0.717) is 31.7 Å². The number of alkyl halides is 2. The number of benzene rings is 1. The van der Waals surface area contributed by atoms with Gasteiger partial charge in [0.1, 0.15) is 12.6 Å². The first kappa shape index (κ1) is 18.8. The van der Waals surface area contributed by atoms with E-state index in [4.69, 9.17) is 10.2 Å². The summed E-state index contributed by atoms with van der Waals surface area (Å²) in [6.45, 7) is 0.848. The Morgan fingerprint density at radius 2 is 1.82 bits per heavy atom. The summed E-state index contributed by atoms with van der Waals surface area (Å²) in [5, 5.41) is 21.0. The van der Waals surface area contributed by atoms with Crippen molar-refractivity contribution < 1.29 is 23.8 Å². The molecule has 1 fully saturated rings. The molecule has 0 saturated carbocycles. The first-order valence-electron chi connectivity index (χ1n) is 6.72. The Morgan fingerprint density at radius 1 is 1.27 bits per heavy atom. The monoisotopic (exact) mass is 336 g/mol. The van der Waals surface area contributed by atoms with Gasteiger partial charge in [0.2, 0.25) is 0 Å². The highest BCUT2D eigenvalue weighted by Crippen LogP contribution is 2.36. The summed E-state index contributed by atoms with van der Waals surface area (Å²) < 4.78 is 28.2. The smallest absolute Gasteiger partial charge is 0.335 e. The second-order valence-electron chi connectivity index (χ2n) is 5.03. The standard InChI is InChI=1S/C14H18F2N2O3.ClH/c15-14(16,9-19)12(18-7-5-17-6-8-18)10-1-3-11(4-2-10)13(20)21;/h1-4,12,17,19H,5-9H2,(H,20,21);1H/t12-;/m0./s1. The van der Waals surface area contributed by atoms with Crippen LogP contribution in [-0.4, -0.2) is 59.8 Å².